The molecule has 0 aliphatic carbocycles. The minimum atomic E-state index is -0.320. The van der Waals surface area contributed by atoms with Gasteiger partial charge in [-0.05, 0) is 18.1 Å². The van der Waals surface area contributed by atoms with Gasteiger partial charge in [-0.3, -0.25) is 14.2 Å². The van der Waals surface area contributed by atoms with Gasteiger partial charge in [0.2, 0.25) is 5.88 Å². The summed E-state index contributed by atoms with van der Waals surface area (Å²) in [7, 11) is 0. The summed E-state index contributed by atoms with van der Waals surface area (Å²) in [6, 6.07) is 10.6. The van der Waals surface area contributed by atoms with Crippen LogP contribution < -0.4 is 5.56 Å². The van der Waals surface area contributed by atoms with Crippen molar-refractivity contribution < 1.29 is 9.90 Å². The number of aryl methyl sites for hydroxylation is 1. The van der Waals surface area contributed by atoms with Crippen molar-refractivity contribution in [1.29, 1.82) is 0 Å². The maximum Gasteiger partial charge on any atom is 0.253 e. The number of carbonyl (C=O) groups is 1. The van der Waals surface area contributed by atoms with Crippen molar-refractivity contribution in [3.05, 3.63) is 63.4 Å². The topological polar surface area (TPSA) is 59.3 Å². The standard InChI is InChI=1S/C14H13NO3/c1-10-7-13(17)15(14(18)12(10)9-16)8-11-5-3-2-4-6-11/h2-7,9,18H,8H2,1H3. The third kappa shape index (κ3) is 2.18. The third-order valence-electron chi connectivity index (χ3n) is 2.83. The molecule has 0 bridgehead atoms. The highest BCUT2D eigenvalue weighted by atomic mass is 16.3. The molecule has 0 saturated heterocycles. The number of nitrogens with zero attached hydrogens (tertiary/aromatic N) is 1. The highest BCUT2D eigenvalue weighted by Gasteiger charge is 2.12. The Balaban J connectivity index is 2.52. The van der Waals surface area contributed by atoms with Gasteiger partial charge in [0.05, 0.1) is 12.1 Å². The minimum Gasteiger partial charge on any atom is -0.494 e. The smallest absolute Gasteiger partial charge is 0.253 e. The van der Waals surface area contributed by atoms with E-state index in [4.69, 9.17) is 0 Å². The van der Waals surface area contributed by atoms with E-state index in [2.05, 4.69) is 0 Å². The lowest BCUT2D eigenvalue weighted by atomic mass is 10.1. The van der Waals surface area contributed by atoms with Crippen molar-refractivity contribution in [2.24, 2.45) is 0 Å². The summed E-state index contributed by atoms with van der Waals surface area (Å²) in [6.07, 6.45) is 0.561. The van der Waals surface area contributed by atoms with E-state index in [1.807, 2.05) is 30.3 Å². The molecular formula is C14H13NO3. The predicted molar refractivity (Wildman–Crippen MR) is 68.0 cm³/mol. The third-order valence-corrected chi connectivity index (χ3v) is 2.83. The second-order valence-corrected chi connectivity index (χ2v) is 4.09. The first kappa shape index (κ1) is 12.1. The summed E-state index contributed by atoms with van der Waals surface area (Å²) in [5, 5.41) is 9.94. The number of hydrogen-bond donors (Lipinski definition) is 1. The van der Waals surface area contributed by atoms with Crippen molar-refractivity contribution in [3.63, 3.8) is 0 Å². The van der Waals surface area contributed by atoms with Crippen molar-refractivity contribution in [3.8, 4) is 5.88 Å². The van der Waals surface area contributed by atoms with Gasteiger partial charge in [0, 0.05) is 6.07 Å². The van der Waals surface area contributed by atoms with Crippen molar-refractivity contribution >= 4 is 6.29 Å². The fourth-order valence-corrected chi connectivity index (χ4v) is 1.83. The minimum absolute atomic E-state index is 0.158. The van der Waals surface area contributed by atoms with E-state index in [-0.39, 0.29) is 23.5 Å². The Hall–Kier alpha value is -2.36. The van der Waals surface area contributed by atoms with Gasteiger partial charge >= 0.3 is 0 Å². The lowest BCUT2D eigenvalue weighted by molar-refractivity contribution is 0.111. The molecule has 92 valence electrons. The number of rotatable bonds is 3. The quantitative estimate of drug-likeness (QED) is 0.835. The first-order valence-electron chi connectivity index (χ1n) is 5.56. The van der Waals surface area contributed by atoms with Crippen LogP contribution in [0.1, 0.15) is 21.5 Å². The Bertz CT molecular complexity index is 629. The van der Waals surface area contributed by atoms with Crippen LogP contribution in [0.15, 0.2) is 41.2 Å². The van der Waals surface area contributed by atoms with Gasteiger partial charge in [0.15, 0.2) is 6.29 Å². The van der Waals surface area contributed by atoms with Crippen molar-refractivity contribution in [2.75, 3.05) is 0 Å². The molecule has 2 rings (SSSR count). The summed E-state index contributed by atoms with van der Waals surface area (Å²) in [5.41, 5.74) is 1.21. The van der Waals surface area contributed by atoms with Gasteiger partial charge < -0.3 is 5.11 Å². The van der Waals surface area contributed by atoms with E-state index in [1.165, 1.54) is 10.6 Å². The van der Waals surface area contributed by atoms with Gasteiger partial charge in [-0.2, -0.15) is 0 Å². The number of pyridine rings is 1. The highest BCUT2D eigenvalue weighted by Crippen LogP contribution is 2.17. The molecule has 0 unspecified atom stereocenters. The molecule has 4 heteroatoms. The normalized spacial score (nSPS) is 10.3. The molecule has 1 heterocycles. The lowest BCUT2D eigenvalue weighted by Crippen LogP contribution is -2.21. The van der Waals surface area contributed by atoms with Crippen LogP contribution in [0.4, 0.5) is 0 Å². The Labute approximate surface area is 104 Å². The number of aromatic hydroxyl groups is 1. The first-order chi connectivity index (χ1) is 8.63. The van der Waals surface area contributed by atoms with Crippen molar-refractivity contribution in [2.45, 2.75) is 13.5 Å². The van der Waals surface area contributed by atoms with Crippen LogP contribution in [-0.2, 0) is 6.54 Å². The molecule has 0 fully saturated rings. The van der Waals surface area contributed by atoms with Gasteiger partial charge in [0.1, 0.15) is 0 Å². The molecule has 0 atom stereocenters. The van der Waals surface area contributed by atoms with Crippen LogP contribution in [0.5, 0.6) is 5.88 Å². The van der Waals surface area contributed by atoms with Crippen LogP contribution >= 0.6 is 0 Å². The van der Waals surface area contributed by atoms with E-state index in [0.717, 1.165) is 5.56 Å². The summed E-state index contributed by atoms with van der Waals surface area (Å²) in [4.78, 5) is 22.7. The largest absolute Gasteiger partial charge is 0.494 e. The van der Waals surface area contributed by atoms with E-state index in [9.17, 15) is 14.7 Å². The van der Waals surface area contributed by atoms with E-state index in [1.54, 1.807) is 6.92 Å². The fourth-order valence-electron chi connectivity index (χ4n) is 1.83. The first-order valence-corrected chi connectivity index (χ1v) is 5.56. The summed E-state index contributed by atoms with van der Waals surface area (Å²) in [5.74, 6) is -0.279. The summed E-state index contributed by atoms with van der Waals surface area (Å²) >= 11 is 0. The molecule has 1 N–H and O–H groups in total. The Kier molecular flexibility index (Phi) is 3.28. The average Bonchev–Trinajstić information content (AvgIpc) is 2.36. The zero-order chi connectivity index (χ0) is 13.1. The fraction of sp³-hybridized carbons (Fsp3) is 0.143. The molecule has 1 aromatic carbocycles. The van der Waals surface area contributed by atoms with Crippen LogP contribution in [-0.4, -0.2) is 16.0 Å². The van der Waals surface area contributed by atoms with E-state index in [0.29, 0.717) is 11.8 Å². The number of carbonyl (C=O) groups excluding carboxylic acids is 1. The summed E-state index contributed by atoms with van der Waals surface area (Å²) < 4.78 is 1.19. The second kappa shape index (κ2) is 4.87. The van der Waals surface area contributed by atoms with Crippen LogP contribution in [0.25, 0.3) is 0 Å². The van der Waals surface area contributed by atoms with Gasteiger partial charge in [-0.15, -0.1) is 0 Å². The zero-order valence-corrected chi connectivity index (χ0v) is 9.96. The summed E-state index contributed by atoms with van der Waals surface area (Å²) in [6.45, 7) is 1.87. The van der Waals surface area contributed by atoms with Crippen molar-refractivity contribution in [1.82, 2.24) is 4.57 Å². The molecule has 18 heavy (non-hydrogen) atoms. The Morgan fingerprint density at radius 3 is 2.56 bits per heavy atom. The van der Waals surface area contributed by atoms with Gasteiger partial charge in [0.25, 0.3) is 5.56 Å². The van der Waals surface area contributed by atoms with Gasteiger partial charge in [-0.1, -0.05) is 30.3 Å². The number of aldehydes is 1. The number of aromatic nitrogens is 1. The predicted octanol–water partition coefficient (Wildman–Crippen LogP) is 1.72. The molecule has 1 aromatic heterocycles. The molecular weight excluding hydrogens is 230 g/mol. The van der Waals surface area contributed by atoms with E-state index < -0.39 is 0 Å². The van der Waals surface area contributed by atoms with Crippen LogP contribution in [0, 0.1) is 6.92 Å². The molecule has 0 radical (unpaired) electrons. The van der Waals surface area contributed by atoms with Crippen LogP contribution in [0.3, 0.4) is 0 Å². The molecule has 0 aliphatic heterocycles. The zero-order valence-electron chi connectivity index (χ0n) is 9.96. The maximum atomic E-state index is 11.8. The van der Waals surface area contributed by atoms with Gasteiger partial charge in [-0.25, -0.2) is 0 Å². The monoisotopic (exact) mass is 243 g/mol. The van der Waals surface area contributed by atoms with E-state index >= 15 is 0 Å². The molecule has 0 aliphatic rings. The highest BCUT2D eigenvalue weighted by molar-refractivity contribution is 5.80. The number of hydrogen-bond acceptors (Lipinski definition) is 3. The second-order valence-electron chi connectivity index (χ2n) is 4.09. The Morgan fingerprint density at radius 2 is 1.94 bits per heavy atom. The Morgan fingerprint density at radius 1 is 1.28 bits per heavy atom. The molecule has 0 spiro atoms. The average molecular weight is 243 g/mol. The maximum absolute atomic E-state index is 11.8. The molecule has 4 nitrogen and oxygen atoms in total. The molecule has 0 saturated carbocycles. The SMILES string of the molecule is Cc1cc(=O)n(Cc2ccccc2)c(O)c1C=O. The number of benzene rings is 1. The molecule has 0 amide bonds. The lowest BCUT2D eigenvalue weighted by Gasteiger charge is -2.11. The van der Waals surface area contributed by atoms with Crippen LogP contribution in [0.2, 0.25) is 0 Å². The molecule has 2 aromatic rings.